The first-order chi connectivity index (χ1) is 14.9. The number of nitrogens with one attached hydrogen (secondary N) is 2. The summed E-state index contributed by atoms with van der Waals surface area (Å²) in [5, 5.41) is 15.1. The third-order valence-corrected chi connectivity index (χ3v) is 5.93. The van der Waals surface area contributed by atoms with Crippen LogP contribution >= 0.6 is 23.4 Å². The molecule has 9 heteroatoms. The molecule has 1 heterocycles. The molecule has 0 aliphatic carbocycles. The fourth-order valence-electron chi connectivity index (χ4n) is 2.96. The van der Waals surface area contributed by atoms with Crippen LogP contribution in [0.4, 0.5) is 5.69 Å². The summed E-state index contributed by atoms with van der Waals surface area (Å²) in [6, 6.07) is 12.8. The van der Waals surface area contributed by atoms with Gasteiger partial charge in [-0.2, -0.15) is 0 Å². The topological polar surface area (TPSA) is 88.9 Å². The Hall–Kier alpha value is -2.84. The monoisotopic (exact) mass is 457 g/mol. The zero-order valence-corrected chi connectivity index (χ0v) is 19.2. The molecule has 0 saturated heterocycles. The summed E-state index contributed by atoms with van der Waals surface area (Å²) < 4.78 is 1.88. The van der Waals surface area contributed by atoms with Crippen molar-refractivity contribution in [1.82, 2.24) is 20.1 Å². The van der Waals surface area contributed by atoms with Crippen LogP contribution in [0.25, 0.3) is 0 Å². The molecule has 0 fully saturated rings. The molecule has 0 aliphatic rings. The van der Waals surface area contributed by atoms with Crippen LogP contribution in [0.3, 0.4) is 0 Å². The van der Waals surface area contributed by atoms with Gasteiger partial charge in [-0.15, -0.1) is 10.2 Å². The molecule has 3 rings (SSSR count). The van der Waals surface area contributed by atoms with Gasteiger partial charge in [0.25, 0.3) is 5.91 Å². The molecule has 0 spiro atoms. The predicted molar refractivity (Wildman–Crippen MR) is 124 cm³/mol. The van der Waals surface area contributed by atoms with Crippen molar-refractivity contribution in [1.29, 1.82) is 0 Å². The standard InChI is InChI=1S/C22H24ClN5O2S/c1-4-28-19(12-24-21(30)16-7-5-6-8-17(16)23)26-27-22(28)31-13-20(29)25-18-11-14(2)9-10-15(18)3/h5-11H,4,12-13H2,1-3H3,(H,24,30)(H,25,29). The van der Waals surface area contributed by atoms with Crippen molar-refractivity contribution in [3.63, 3.8) is 0 Å². The third kappa shape index (κ3) is 5.86. The first-order valence-electron chi connectivity index (χ1n) is 9.83. The number of anilines is 1. The van der Waals surface area contributed by atoms with Gasteiger partial charge in [-0.1, -0.05) is 47.6 Å². The lowest BCUT2D eigenvalue weighted by molar-refractivity contribution is -0.113. The van der Waals surface area contributed by atoms with E-state index in [-0.39, 0.29) is 24.1 Å². The maximum absolute atomic E-state index is 12.4. The molecule has 0 aliphatic heterocycles. The summed E-state index contributed by atoms with van der Waals surface area (Å²) in [5.41, 5.74) is 3.31. The third-order valence-electron chi connectivity index (χ3n) is 4.63. The molecule has 0 bridgehead atoms. The van der Waals surface area contributed by atoms with Crippen molar-refractivity contribution in [2.24, 2.45) is 0 Å². The molecule has 2 aromatic carbocycles. The van der Waals surface area contributed by atoms with Crippen LogP contribution in [-0.4, -0.2) is 32.3 Å². The lowest BCUT2D eigenvalue weighted by atomic mass is 10.1. The molecule has 1 aromatic heterocycles. The zero-order chi connectivity index (χ0) is 22.4. The normalized spacial score (nSPS) is 10.7. The number of benzene rings is 2. The van der Waals surface area contributed by atoms with Gasteiger partial charge in [-0.3, -0.25) is 9.59 Å². The molecule has 2 amide bonds. The summed E-state index contributed by atoms with van der Waals surface area (Å²) >= 11 is 7.38. The number of aryl methyl sites for hydroxylation is 2. The number of amides is 2. The summed E-state index contributed by atoms with van der Waals surface area (Å²) in [7, 11) is 0. The van der Waals surface area contributed by atoms with Gasteiger partial charge in [0.1, 0.15) is 0 Å². The maximum atomic E-state index is 12.4. The van der Waals surface area contributed by atoms with Crippen LogP contribution < -0.4 is 10.6 Å². The Morgan fingerprint density at radius 1 is 1.13 bits per heavy atom. The number of hydrogen-bond donors (Lipinski definition) is 2. The Kier molecular flexibility index (Phi) is 7.70. The molecule has 3 aromatic rings. The second-order valence-corrected chi connectivity index (χ2v) is 8.31. The lowest BCUT2D eigenvalue weighted by Gasteiger charge is -2.10. The average Bonchev–Trinajstić information content (AvgIpc) is 3.15. The predicted octanol–water partition coefficient (Wildman–Crippen LogP) is 4.23. The van der Waals surface area contributed by atoms with Crippen LogP contribution in [0.15, 0.2) is 47.6 Å². The van der Waals surface area contributed by atoms with E-state index in [4.69, 9.17) is 11.6 Å². The molecule has 162 valence electrons. The molecule has 0 saturated carbocycles. The number of thioether (sulfide) groups is 1. The quantitative estimate of drug-likeness (QED) is 0.494. The maximum Gasteiger partial charge on any atom is 0.253 e. The summed E-state index contributed by atoms with van der Waals surface area (Å²) in [6.45, 7) is 6.73. The first-order valence-corrected chi connectivity index (χ1v) is 11.2. The lowest BCUT2D eigenvalue weighted by Crippen LogP contribution is -2.25. The van der Waals surface area contributed by atoms with Gasteiger partial charge in [0, 0.05) is 12.2 Å². The number of nitrogens with zero attached hydrogens (tertiary/aromatic N) is 3. The van der Waals surface area contributed by atoms with E-state index in [1.165, 1.54) is 11.8 Å². The Balaban J connectivity index is 1.59. The Morgan fingerprint density at radius 2 is 1.90 bits per heavy atom. The van der Waals surface area contributed by atoms with Crippen molar-refractivity contribution in [3.8, 4) is 0 Å². The second kappa shape index (κ2) is 10.5. The minimum atomic E-state index is -0.279. The highest BCUT2D eigenvalue weighted by Crippen LogP contribution is 2.20. The van der Waals surface area contributed by atoms with Crippen LogP contribution in [0, 0.1) is 13.8 Å². The van der Waals surface area contributed by atoms with Crippen molar-refractivity contribution in [2.45, 2.75) is 39.0 Å². The van der Waals surface area contributed by atoms with Gasteiger partial charge >= 0.3 is 0 Å². The fourth-order valence-corrected chi connectivity index (χ4v) is 4.00. The van der Waals surface area contributed by atoms with E-state index < -0.39 is 0 Å². The van der Waals surface area contributed by atoms with Gasteiger partial charge in [0.2, 0.25) is 5.91 Å². The summed E-state index contributed by atoms with van der Waals surface area (Å²) in [6.07, 6.45) is 0. The van der Waals surface area contributed by atoms with Gasteiger partial charge in [0.15, 0.2) is 11.0 Å². The second-order valence-electron chi connectivity index (χ2n) is 6.96. The van der Waals surface area contributed by atoms with Crippen LogP contribution in [-0.2, 0) is 17.9 Å². The van der Waals surface area contributed by atoms with E-state index in [1.54, 1.807) is 24.3 Å². The first kappa shape index (κ1) is 22.8. The number of halogens is 1. The highest BCUT2D eigenvalue weighted by molar-refractivity contribution is 7.99. The largest absolute Gasteiger partial charge is 0.345 e. The average molecular weight is 458 g/mol. The van der Waals surface area contributed by atoms with E-state index in [9.17, 15) is 9.59 Å². The molecule has 0 atom stereocenters. The number of aromatic nitrogens is 3. The van der Waals surface area contributed by atoms with E-state index in [0.29, 0.717) is 28.1 Å². The number of carbonyl (C=O) groups is 2. The van der Waals surface area contributed by atoms with Crippen LogP contribution in [0.1, 0.15) is 34.2 Å². The highest BCUT2D eigenvalue weighted by Gasteiger charge is 2.16. The molecular weight excluding hydrogens is 434 g/mol. The van der Waals surface area contributed by atoms with E-state index >= 15 is 0 Å². The molecule has 0 radical (unpaired) electrons. The molecule has 31 heavy (non-hydrogen) atoms. The minimum absolute atomic E-state index is 0.113. The molecule has 2 N–H and O–H groups in total. The number of hydrogen-bond acceptors (Lipinski definition) is 5. The molecule has 7 nitrogen and oxygen atoms in total. The summed E-state index contributed by atoms with van der Waals surface area (Å²) in [5.74, 6) is 0.425. The Labute approximate surface area is 190 Å². The van der Waals surface area contributed by atoms with Crippen LogP contribution in [0.5, 0.6) is 0 Å². The van der Waals surface area contributed by atoms with Gasteiger partial charge in [-0.25, -0.2) is 0 Å². The fraction of sp³-hybridized carbons (Fsp3) is 0.273. The molecular formula is C22H24ClN5O2S. The smallest absolute Gasteiger partial charge is 0.253 e. The van der Waals surface area contributed by atoms with Crippen molar-refractivity contribution < 1.29 is 9.59 Å². The van der Waals surface area contributed by atoms with E-state index in [1.807, 2.05) is 43.5 Å². The number of rotatable bonds is 8. The SMILES string of the molecule is CCn1c(CNC(=O)c2ccccc2Cl)nnc1SCC(=O)Nc1cc(C)ccc1C. The molecule has 0 unspecified atom stereocenters. The van der Waals surface area contributed by atoms with Crippen LogP contribution in [0.2, 0.25) is 5.02 Å². The van der Waals surface area contributed by atoms with E-state index in [2.05, 4.69) is 20.8 Å². The van der Waals surface area contributed by atoms with Gasteiger partial charge in [0.05, 0.1) is 22.9 Å². The van der Waals surface area contributed by atoms with Gasteiger partial charge in [-0.05, 0) is 50.1 Å². The zero-order valence-electron chi connectivity index (χ0n) is 17.6. The Morgan fingerprint density at radius 3 is 2.65 bits per heavy atom. The Bertz CT molecular complexity index is 1100. The van der Waals surface area contributed by atoms with E-state index in [0.717, 1.165) is 16.8 Å². The number of carbonyl (C=O) groups excluding carboxylic acids is 2. The highest BCUT2D eigenvalue weighted by atomic mass is 35.5. The van der Waals surface area contributed by atoms with Crippen molar-refractivity contribution in [3.05, 3.63) is 70.0 Å². The minimum Gasteiger partial charge on any atom is -0.345 e. The summed E-state index contributed by atoms with van der Waals surface area (Å²) in [4.78, 5) is 24.8. The van der Waals surface area contributed by atoms with Crippen molar-refractivity contribution in [2.75, 3.05) is 11.1 Å². The van der Waals surface area contributed by atoms with Gasteiger partial charge < -0.3 is 15.2 Å². The van der Waals surface area contributed by atoms with Crippen molar-refractivity contribution >= 4 is 40.9 Å².